The predicted octanol–water partition coefficient (Wildman–Crippen LogP) is -3.22. The Kier molecular flexibility index (Phi) is 2.99. The Bertz CT molecular complexity index is 151. The summed E-state index contributed by atoms with van der Waals surface area (Å²) in [7, 11) is 0. The maximum Gasteiger partial charge on any atom is 0.184 e. The molecule has 0 amide bonds. The molecule has 1 aliphatic heterocycles. The number of ether oxygens (including phenoxy) is 1. The van der Waals surface area contributed by atoms with Crippen LogP contribution in [0.3, 0.4) is 0 Å². The van der Waals surface area contributed by atoms with Gasteiger partial charge in [0, 0.05) is 0 Å². The van der Waals surface area contributed by atoms with E-state index in [0.29, 0.717) is 0 Å². The van der Waals surface area contributed by atoms with Crippen molar-refractivity contribution in [2.75, 3.05) is 6.61 Å². The zero-order chi connectivity index (χ0) is 9.30. The highest BCUT2D eigenvalue weighted by molar-refractivity contribution is 4.89. The Morgan fingerprint density at radius 3 is 2.08 bits per heavy atom. The van der Waals surface area contributed by atoms with Gasteiger partial charge in [0.05, 0.1) is 6.61 Å². The zero-order valence-electron chi connectivity index (χ0n) is 6.24. The maximum atomic E-state index is 9.12. The largest absolute Gasteiger partial charge is 0.394 e. The van der Waals surface area contributed by atoms with Gasteiger partial charge in [-0.2, -0.15) is 0 Å². The van der Waals surface area contributed by atoms with Gasteiger partial charge in [-0.25, -0.2) is 0 Å². The van der Waals surface area contributed by atoms with E-state index in [1.165, 1.54) is 0 Å². The first kappa shape index (κ1) is 9.85. The third-order valence-corrected chi connectivity index (χ3v) is 1.84. The molecule has 2 unspecified atom stereocenters. The fraction of sp³-hybridized carbons (Fsp3) is 1.00. The molecule has 1 heterocycles. The van der Waals surface area contributed by atoms with Gasteiger partial charge in [0.2, 0.25) is 0 Å². The van der Waals surface area contributed by atoms with E-state index in [0.717, 1.165) is 0 Å². The molecule has 0 bridgehead atoms. The topological polar surface area (TPSA) is 110 Å². The van der Waals surface area contributed by atoms with Gasteiger partial charge in [0.15, 0.2) is 6.29 Å². The van der Waals surface area contributed by atoms with Crippen LogP contribution in [-0.2, 0) is 4.74 Å². The van der Waals surface area contributed by atoms with Gasteiger partial charge < -0.3 is 30.3 Å². The quantitative estimate of drug-likeness (QED) is 0.306. The molecule has 0 saturated carbocycles. The minimum absolute atomic E-state index is 0.596. The minimum Gasteiger partial charge on any atom is -0.394 e. The van der Waals surface area contributed by atoms with Crippen LogP contribution in [0.1, 0.15) is 0 Å². The number of hydrogen-bond acceptors (Lipinski definition) is 6. The lowest BCUT2D eigenvalue weighted by atomic mass is 10.1. The average Bonchev–Trinajstić information content (AvgIpc) is 2.32. The lowest BCUT2D eigenvalue weighted by molar-refractivity contribution is -0.150. The van der Waals surface area contributed by atoms with Crippen molar-refractivity contribution in [1.82, 2.24) is 0 Å². The van der Waals surface area contributed by atoms with Crippen LogP contribution in [0.5, 0.6) is 0 Å². The van der Waals surface area contributed by atoms with Crippen molar-refractivity contribution in [3.8, 4) is 0 Å². The van der Waals surface area contributed by atoms with Crippen molar-refractivity contribution in [2.24, 2.45) is 0 Å². The van der Waals surface area contributed by atoms with Crippen molar-refractivity contribution in [2.45, 2.75) is 30.7 Å². The van der Waals surface area contributed by atoms with Gasteiger partial charge in [-0.1, -0.05) is 0 Å². The SMILES string of the molecule is OC[C@@H](O)[C@H]1OC(O)[C@H](O)C1O. The molecule has 12 heavy (non-hydrogen) atoms. The van der Waals surface area contributed by atoms with Crippen molar-refractivity contribution in [3.63, 3.8) is 0 Å². The molecule has 1 aliphatic rings. The van der Waals surface area contributed by atoms with Crippen LogP contribution in [-0.4, -0.2) is 62.8 Å². The van der Waals surface area contributed by atoms with E-state index in [4.69, 9.17) is 25.5 Å². The molecule has 1 saturated heterocycles. The molecule has 5 N–H and O–H groups in total. The first-order chi connectivity index (χ1) is 5.57. The van der Waals surface area contributed by atoms with Gasteiger partial charge in [0.25, 0.3) is 0 Å². The van der Waals surface area contributed by atoms with E-state index < -0.39 is 37.3 Å². The normalized spacial score (nSPS) is 44.8. The third kappa shape index (κ3) is 1.58. The molecule has 0 aromatic heterocycles. The highest BCUT2D eigenvalue weighted by atomic mass is 16.6. The van der Waals surface area contributed by atoms with Crippen LogP contribution in [0, 0.1) is 0 Å². The van der Waals surface area contributed by atoms with Crippen molar-refractivity contribution >= 4 is 0 Å². The molecule has 5 atom stereocenters. The summed E-state index contributed by atoms with van der Waals surface area (Å²) < 4.78 is 4.58. The third-order valence-electron chi connectivity index (χ3n) is 1.84. The summed E-state index contributed by atoms with van der Waals surface area (Å²) in [6.45, 7) is -0.596. The molecule has 0 aromatic carbocycles. The van der Waals surface area contributed by atoms with Gasteiger partial charge in [0.1, 0.15) is 24.4 Å². The van der Waals surface area contributed by atoms with E-state index in [9.17, 15) is 0 Å². The smallest absolute Gasteiger partial charge is 0.184 e. The number of rotatable bonds is 2. The van der Waals surface area contributed by atoms with Gasteiger partial charge >= 0.3 is 0 Å². The van der Waals surface area contributed by atoms with E-state index >= 15 is 0 Å². The first-order valence-electron chi connectivity index (χ1n) is 3.56. The standard InChI is InChI=1S/C6H12O6/c7-1-2(8)5-3(9)4(10)6(11)12-5/h2-11H,1H2/t2-,3?,4-,5-,6?/m1/s1. The van der Waals surface area contributed by atoms with E-state index in [2.05, 4.69) is 4.74 Å². The maximum absolute atomic E-state index is 9.12. The highest BCUT2D eigenvalue weighted by Crippen LogP contribution is 2.21. The molecule has 72 valence electrons. The summed E-state index contributed by atoms with van der Waals surface area (Å²) >= 11 is 0. The summed E-state index contributed by atoms with van der Waals surface area (Å²) in [5.41, 5.74) is 0. The van der Waals surface area contributed by atoms with Crippen molar-refractivity contribution in [1.29, 1.82) is 0 Å². The second-order valence-electron chi connectivity index (χ2n) is 2.72. The van der Waals surface area contributed by atoms with Gasteiger partial charge in [-0.15, -0.1) is 0 Å². The summed E-state index contributed by atoms with van der Waals surface area (Å²) in [4.78, 5) is 0. The fourth-order valence-electron chi connectivity index (χ4n) is 1.11. The molecule has 0 spiro atoms. The van der Waals surface area contributed by atoms with Crippen LogP contribution >= 0.6 is 0 Å². The van der Waals surface area contributed by atoms with Crippen molar-refractivity contribution < 1.29 is 30.3 Å². The molecule has 6 heteroatoms. The Hall–Kier alpha value is -0.240. The first-order valence-corrected chi connectivity index (χ1v) is 3.56. The molecule has 1 fully saturated rings. The number of aliphatic hydroxyl groups is 5. The van der Waals surface area contributed by atoms with Crippen molar-refractivity contribution in [3.05, 3.63) is 0 Å². The molecule has 6 nitrogen and oxygen atoms in total. The molecule has 1 rings (SSSR count). The van der Waals surface area contributed by atoms with Crippen LogP contribution < -0.4 is 0 Å². The fourth-order valence-corrected chi connectivity index (χ4v) is 1.11. The van der Waals surface area contributed by atoms with Crippen LogP contribution in [0.4, 0.5) is 0 Å². The molecular formula is C6H12O6. The van der Waals surface area contributed by atoms with Crippen LogP contribution in [0.25, 0.3) is 0 Å². The summed E-state index contributed by atoms with van der Waals surface area (Å²) in [5, 5.41) is 44.4. The zero-order valence-corrected chi connectivity index (χ0v) is 6.24. The number of hydrogen-bond donors (Lipinski definition) is 5. The number of aliphatic hydroxyl groups excluding tert-OH is 5. The Balaban J connectivity index is 2.58. The van der Waals surface area contributed by atoms with Gasteiger partial charge in [-0.05, 0) is 0 Å². The molecule has 0 aliphatic carbocycles. The monoisotopic (exact) mass is 180 g/mol. The second kappa shape index (κ2) is 3.65. The van der Waals surface area contributed by atoms with E-state index in [1.807, 2.05) is 0 Å². The Labute approximate surface area is 68.6 Å². The lowest BCUT2D eigenvalue weighted by Crippen LogP contribution is -2.40. The molecular weight excluding hydrogens is 168 g/mol. The average molecular weight is 180 g/mol. The Morgan fingerprint density at radius 2 is 1.75 bits per heavy atom. The summed E-state index contributed by atoms with van der Waals surface area (Å²) in [5.74, 6) is 0. The minimum atomic E-state index is -1.51. The van der Waals surface area contributed by atoms with E-state index in [1.54, 1.807) is 0 Å². The Morgan fingerprint density at radius 1 is 1.17 bits per heavy atom. The second-order valence-corrected chi connectivity index (χ2v) is 2.72. The lowest BCUT2D eigenvalue weighted by Gasteiger charge is -2.18. The summed E-state index contributed by atoms with van der Waals surface area (Å²) in [6.07, 6.45) is -6.75. The molecule has 0 radical (unpaired) electrons. The molecule has 0 aromatic rings. The van der Waals surface area contributed by atoms with Crippen LogP contribution in [0.15, 0.2) is 0 Å². The van der Waals surface area contributed by atoms with E-state index in [-0.39, 0.29) is 0 Å². The summed E-state index contributed by atoms with van der Waals surface area (Å²) in [6, 6.07) is 0. The van der Waals surface area contributed by atoms with Crippen LogP contribution in [0.2, 0.25) is 0 Å². The van der Waals surface area contributed by atoms with Gasteiger partial charge in [-0.3, -0.25) is 0 Å². The predicted molar refractivity (Wildman–Crippen MR) is 36.0 cm³/mol. The highest BCUT2D eigenvalue weighted by Gasteiger charge is 2.44.